The molecular weight excluding hydrogens is 302 g/mol. The second-order valence-corrected chi connectivity index (χ2v) is 6.91. The van der Waals surface area contributed by atoms with Crippen LogP contribution in [0.25, 0.3) is 0 Å². The molecule has 2 saturated heterocycles. The van der Waals surface area contributed by atoms with Gasteiger partial charge in [0.25, 0.3) is 0 Å². The lowest BCUT2D eigenvalue weighted by Gasteiger charge is -2.36. The van der Waals surface area contributed by atoms with Crippen LogP contribution < -0.4 is 4.90 Å². The zero-order valence-corrected chi connectivity index (χ0v) is 14.9. The first-order chi connectivity index (χ1) is 11.7. The summed E-state index contributed by atoms with van der Waals surface area (Å²) in [6.07, 6.45) is 4.68. The van der Waals surface area contributed by atoms with Gasteiger partial charge in [-0.05, 0) is 38.3 Å². The number of hydrogen-bond acceptors (Lipinski definition) is 5. The lowest BCUT2D eigenvalue weighted by molar-refractivity contribution is -0.134. The minimum Gasteiger partial charge on any atom is -0.356 e. The van der Waals surface area contributed by atoms with Crippen LogP contribution in [0.1, 0.15) is 32.0 Å². The molecule has 1 aromatic rings. The molecule has 6 nitrogen and oxygen atoms in total. The zero-order valence-electron chi connectivity index (χ0n) is 14.9. The van der Waals surface area contributed by atoms with Crippen molar-refractivity contribution in [2.24, 2.45) is 5.92 Å². The number of carbonyl (C=O) groups excluding carboxylic acids is 1. The third kappa shape index (κ3) is 4.23. The number of carbonyl (C=O) groups is 1. The van der Waals surface area contributed by atoms with Gasteiger partial charge in [0.2, 0.25) is 5.91 Å². The van der Waals surface area contributed by atoms with Crippen molar-refractivity contribution in [3.63, 3.8) is 0 Å². The number of amides is 1. The summed E-state index contributed by atoms with van der Waals surface area (Å²) in [5, 5.41) is 0. The van der Waals surface area contributed by atoms with Crippen molar-refractivity contribution in [1.82, 2.24) is 19.8 Å². The van der Waals surface area contributed by atoms with Crippen LogP contribution in [0.2, 0.25) is 0 Å². The van der Waals surface area contributed by atoms with E-state index in [4.69, 9.17) is 0 Å². The van der Waals surface area contributed by atoms with Crippen molar-refractivity contribution in [3.05, 3.63) is 18.1 Å². The Bertz CT molecular complexity index is 548. The van der Waals surface area contributed by atoms with Crippen molar-refractivity contribution in [3.8, 4) is 0 Å². The van der Waals surface area contributed by atoms with Gasteiger partial charge < -0.3 is 14.7 Å². The Morgan fingerprint density at radius 1 is 1.17 bits per heavy atom. The van der Waals surface area contributed by atoms with Crippen molar-refractivity contribution in [2.45, 2.75) is 33.1 Å². The van der Waals surface area contributed by atoms with Gasteiger partial charge >= 0.3 is 0 Å². The number of aryl methyl sites for hydroxylation is 1. The van der Waals surface area contributed by atoms with E-state index in [2.05, 4.69) is 31.6 Å². The van der Waals surface area contributed by atoms with Gasteiger partial charge in [-0.3, -0.25) is 4.79 Å². The van der Waals surface area contributed by atoms with E-state index in [1.807, 2.05) is 19.2 Å². The molecule has 0 aliphatic carbocycles. The van der Waals surface area contributed by atoms with E-state index in [0.29, 0.717) is 18.2 Å². The van der Waals surface area contributed by atoms with E-state index < -0.39 is 0 Å². The van der Waals surface area contributed by atoms with Gasteiger partial charge in [0.15, 0.2) is 0 Å². The maximum absolute atomic E-state index is 12.5. The number of likely N-dealkylation sites (N-methyl/N-ethyl adjacent to an activating group) is 1. The second-order valence-electron chi connectivity index (χ2n) is 6.91. The van der Waals surface area contributed by atoms with Crippen LogP contribution in [0.5, 0.6) is 0 Å². The predicted molar refractivity (Wildman–Crippen MR) is 95.0 cm³/mol. The number of piperazine rings is 1. The summed E-state index contributed by atoms with van der Waals surface area (Å²) in [6, 6.07) is 1.98. The highest BCUT2D eigenvalue weighted by Crippen LogP contribution is 2.24. The first kappa shape index (κ1) is 17.1. The molecule has 1 amide bonds. The van der Waals surface area contributed by atoms with Gasteiger partial charge in [-0.25, -0.2) is 9.97 Å². The van der Waals surface area contributed by atoms with Crippen LogP contribution >= 0.6 is 0 Å². The van der Waals surface area contributed by atoms with Crippen molar-refractivity contribution >= 4 is 11.7 Å². The van der Waals surface area contributed by atoms with Crippen LogP contribution in [0, 0.1) is 12.8 Å². The standard InChI is InChI=1S/C18H29N5O/c1-3-21-10-12-23(13-11-21)18(24)14-16-5-8-22(9-6-16)17-4-7-19-15(2)20-17/h4,7,16H,3,5-6,8-14H2,1-2H3. The SMILES string of the molecule is CCN1CCN(C(=O)CC2CCN(c3ccnc(C)n3)CC2)CC1. The fourth-order valence-corrected chi connectivity index (χ4v) is 3.68. The molecule has 0 bridgehead atoms. The maximum Gasteiger partial charge on any atom is 0.222 e. The second kappa shape index (κ2) is 7.92. The molecule has 0 spiro atoms. The highest BCUT2D eigenvalue weighted by Gasteiger charge is 2.26. The third-order valence-corrected chi connectivity index (χ3v) is 5.34. The minimum atomic E-state index is 0.349. The summed E-state index contributed by atoms with van der Waals surface area (Å²) >= 11 is 0. The predicted octanol–water partition coefficient (Wildman–Crippen LogP) is 1.56. The Balaban J connectivity index is 1.44. The first-order valence-electron chi connectivity index (χ1n) is 9.20. The fraction of sp³-hybridized carbons (Fsp3) is 0.722. The Labute approximate surface area is 144 Å². The van der Waals surface area contributed by atoms with Gasteiger partial charge in [-0.1, -0.05) is 6.92 Å². The van der Waals surface area contributed by atoms with Crippen LogP contribution in [0.3, 0.4) is 0 Å². The average Bonchev–Trinajstić information content (AvgIpc) is 2.62. The molecule has 0 N–H and O–H groups in total. The molecule has 1 aromatic heterocycles. The molecular formula is C18H29N5O. The molecule has 0 aromatic carbocycles. The molecule has 3 heterocycles. The summed E-state index contributed by atoms with van der Waals surface area (Å²) in [5.41, 5.74) is 0. The van der Waals surface area contributed by atoms with E-state index in [9.17, 15) is 4.79 Å². The molecule has 24 heavy (non-hydrogen) atoms. The Morgan fingerprint density at radius 2 is 1.88 bits per heavy atom. The van der Waals surface area contributed by atoms with Crippen LogP contribution in [0.15, 0.2) is 12.3 Å². The smallest absolute Gasteiger partial charge is 0.222 e. The molecule has 132 valence electrons. The molecule has 2 aliphatic rings. The van der Waals surface area contributed by atoms with E-state index >= 15 is 0 Å². The fourth-order valence-electron chi connectivity index (χ4n) is 3.68. The Hall–Kier alpha value is -1.69. The van der Waals surface area contributed by atoms with E-state index in [1.54, 1.807) is 0 Å². The van der Waals surface area contributed by atoms with Crippen molar-refractivity contribution in [1.29, 1.82) is 0 Å². The largest absolute Gasteiger partial charge is 0.356 e. The Kier molecular flexibility index (Phi) is 5.66. The number of hydrogen-bond donors (Lipinski definition) is 0. The summed E-state index contributed by atoms with van der Waals surface area (Å²) in [7, 11) is 0. The van der Waals surface area contributed by atoms with Crippen LogP contribution in [-0.2, 0) is 4.79 Å². The molecule has 3 rings (SSSR count). The highest BCUT2D eigenvalue weighted by atomic mass is 16.2. The molecule has 0 atom stereocenters. The lowest BCUT2D eigenvalue weighted by atomic mass is 9.93. The number of anilines is 1. The van der Waals surface area contributed by atoms with Gasteiger partial charge in [0, 0.05) is 51.9 Å². The van der Waals surface area contributed by atoms with E-state index in [-0.39, 0.29) is 0 Å². The molecule has 6 heteroatoms. The first-order valence-corrected chi connectivity index (χ1v) is 9.20. The van der Waals surface area contributed by atoms with E-state index in [1.165, 1.54) is 0 Å². The molecule has 0 saturated carbocycles. The minimum absolute atomic E-state index is 0.349. The number of aromatic nitrogens is 2. The summed E-state index contributed by atoms with van der Waals surface area (Å²) in [4.78, 5) is 28.0. The summed E-state index contributed by atoms with van der Waals surface area (Å²) in [5.74, 6) is 2.70. The van der Waals surface area contributed by atoms with Gasteiger partial charge in [0.1, 0.15) is 11.6 Å². The number of piperidine rings is 1. The molecule has 0 unspecified atom stereocenters. The normalized spacial score (nSPS) is 20.4. The number of rotatable bonds is 4. The van der Waals surface area contributed by atoms with Gasteiger partial charge in [-0.15, -0.1) is 0 Å². The third-order valence-electron chi connectivity index (χ3n) is 5.34. The van der Waals surface area contributed by atoms with Crippen LogP contribution in [0.4, 0.5) is 5.82 Å². The maximum atomic E-state index is 12.5. The topological polar surface area (TPSA) is 52.6 Å². The van der Waals surface area contributed by atoms with Crippen molar-refractivity contribution in [2.75, 3.05) is 50.7 Å². The summed E-state index contributed by atoms with van der Waals surface area (Å²) in [6.45, 7) is 11.0. The Morgan fingerprint density at radius 3 is 2.50 bits per heavy atom. The van der Waals surface area contributed by atoms with Crippen LogP contribution in [-0.4, -0.2) is 71.5 Å². The number of nitrogens with zero attached hydrogens (tertiary/aromatic N) is 5. The zero-order chi connectivity index (χ0) is 16.9. The monoisotopic (exact) mass is 331 g/mol. The molecule has 2 aliphatic heterocycles. The lowest BCUT2D eigenvalue weighted by Crippen LogP contribution is -2.49. The van der Waals surface area contributed by atoms with Gasteiger partial charge in [0.05, 0.1) is 0 Å². The molecule has 2 fully saturated rings. The van der Waals surface area contributed by atoms with Crippen molar-refractivity contribution < 1.29 is 4.79 Å². The summed E-state index contributed by atoms with van der Waals surface area (Å²) < 4.78 is 0. The quantitative estimate of drug-likeness (QED) is 0.838. The molecule has 0 radical (unpaired) electrons. The van der Waals surface area contributed by atoms with E-state index in [0.717, 1.165) is 70.3 Å². The average molecular weight is 331 g/mol. The highest BCUT2D eigenvalue weighted by molar-refractivity contribution is 5.76. The van der Waals surface area contributed by atoms with Gasteiger partial charge in [-0.2, -0.15) is 0 Å².